The third-order valence-electron chi connectivity index (χ3n) is 11.2. The van der Waals surface area contributed by atoms with Gasteiger partial charge in [-0.15, -0.1) is 0 Å². The molecule has 2 heterocycles. The molecular weight excluding hydrogens is 713 g/mol. The van der Waals surface area contributed by atoms with Gasteiger partial charge in [-0.1, -0.05) is 164 Å². The zero-order valence-electron chi connectivity index (χ0n) is 29.4. The lowest BCUT2D eigenvalue weighted by molar-refractivity contribution is 0.591. The van der Waals surface area contributed by atoms with Crippen molar-refractivity contribution in [2.75, 3.05) is 4.90 Å². The second-order valence-corrected chi connectivity index (χ2v) is 23.0. The number of anilines is 3. The maximum atomic E-state index is 16.3. The van der Waals surface area contributed by atoms with Crippen molar-refractivity contribution in [1.82, 2.24) is 0 Å². The average molecular weight is 748 g/mol. The van der Waals surface area contributed by atoms with Crippen molar-refractivity contribution in [1.29, 1.82) is 0 Å². The molecule has 0 atom stereocenters. The molecule has 0 radical (unpaired) electrons. The van der Waals surface area contributed by atoms with Gasteiger partial charge in [0.2, 0.25) is 0 Å². The Balaban J connectivity index is 1.17. The van der Waals surface area contributed by atoms with Gasteiger partial charge >= 0.3 is 0 Å². The minimum atomic E-state index is -3.35. The molecule has 0 amide bonds. The van der Waals surface area contributed by atoms with E-state index in [0.29, 0.717) is 0 Å². The van der Waals surface area contributed by atoms with Crippen LogP contribution in [-0.2, 0) is 9.13 Å². The molecule has 10 rings (SSSR count). The maximum absolute atomic E-state index is 16.3. The van der Waals surface area contributed by atoms with Crippen LogP contribution in [-0.4, -0.2) is 8.07 Å². The highest BCUT2D eigenvalue weighted by Gasteiger charge is 2.52. The quantitative estimate of drug-likeness (QED) is 0.150. The molecule has 6 heteroatoms. The Morgan fingerprint density at radius 2 is 0.685 bits per heavy atom. The summed E-state index contributed by atoms with van der Waals surface area (Å²) in [7, 11) is -9.38. The highest BCUT2D eigenvalue weighted by atomic mass is 31.2. The molecule has 0 fully saturated rings. The SMILES string of the molecule is O=P1(c2ccccc2)c2ccccc2N(c2ccc(P3(=O)c4ccccc4[Si](c4ccccc4)(c4ccccc4)c4ccccc43)cc2)c2ccccc21. The van der Waals surface area contributed by atoms with Crippen molar-refractivity contribution in [2.45, 2.75) is 0 Å². The topological polar surface area (TPSA) is 37.4 Å². The van der Waals surface area contributed by atoms with Crippen LogP contribution in [0.1, 0.15) is 0 Å². The summed E-state index contributed by atoms with van der Waals surface area (Å²) in [6.45, 7) is 0. The third kappa shape index (κ3) is 4.55. The van der Waals surface area contributed by atoms with Gasteiger partial charge in [0.05, 0.1) is 11.4 Å². The average Bonchev–Trinajstić information content (AvgIpc) is 3.25. The lowest BCUT2D eigenvalue weighted by Crippen LogP contribution is -2.81. The highest BCUT2D eigenvalue weighted by molar-refractivity contribution is 7.87. The number of hydrogen-bond acceptors (Lipinski definition) is 3. The van der Waals surface area contributed by atoms with Gasteiger partial charge in [0.1, 0.15) is 0 Å². The van der Waals surface area contributed by atoms with E-state index in [1.54, 1.807) is 0 Å². The standard InChI is InChI=1S/C48H35NO2P2Si/c50-52(37-18-4-1-5-19-37)43-26-12-10-24-41(43)49(42-25-11-13-27-44(42)52)36-32-34-38(35-33-36)53(51)45-28-14-16-30-47(45)54(39-20-6-2-7-21-39,40-22-8-3-9-23-40)48-31-17-15-29-46(48)53/h1-35H. The normalized spacial score (nSPS) is 15.6. The molecule has 0 unspecified atom stereocenters. The summed E-state index contributed by atoms with van der Waals surface area (Å²) in [5, 5.41) is 9.94. The van der Waals surface area contributed by atoms with Crippen LogP contribution in [0.25, 0.3) is 0 Å². The van der Waals surface area contributed by atoms with Crippen LogP contribution in [0, 0.1) is 0 Å². The number of benzene rings is 8. The first-order valence-electron chi connectivity index (χ1n) is 18.2. The summed E-state index contributed by atoms with van der Waals surface area (Å²) in [6, 6.07) is 72.8. The van der Waals surface area contributed by atoms with Crippen LogP contribution in [0.2, 0.25) is 0 Å². The van der Waals surface area contributed by atoms with Crippen molar-refractivity contribution < 1.29 is 9.13 Å². The number of fused-ring (bicyclic) bond motifs is 4. The van der Waals surface area contributed by atoms with Crippen molar-refractivity contribution in [3.63, 3.8) is 0 Å². The van der Waals surface area contributed by atoms with Crippen LogP contribution in [0.5, 0.6) is 0 Å². The van der Waals surface area contributed by atoms with Gasteiger partial charge < -0.3 is 14.0 Å². The van der Waals surface area contributed by atoms with E-state index < -0.39 is 22.4 Å². The molecule has 2 aliphatic heterocycles. The first-order chi connectivity index (χ1) is 26.6. The zero-order valence-corrected chi connectivity index (χ0v) is 32.2. The van der Waals surface area contributed by atoms with Gasteiger partial charge in [0, 0.05) is 37.5 Å². The third-order valence-corrected chi connectivity index (χ3v) is 22.8. The van der Waals surface area contributed by atoms with E-state index in [1.807, 2.05) is 78.9 Å². The number of hydrogen-bond donors (Lipinski definition) is 0. The van der Waals surface area contributed by atoms with Gasteiger partial charge in [0.25, 0.3) is 0 Å². The predicted octanol–water partition coefficient (Wildman–Crippen LogP) is 6.44. The van der Waals surface area contributed by atoms with Gasteiger partial charge in [-0.25, -0.2) is 0 Å². The minimum Gasteiger partial charge on any atom is -0.309 e. The maximum Gasteiger partial charge on any atom is 0.181 e. The molecule has 8 aromatic rings. The molecule has 0 saturated heterocycles. The van der Waals surface area contributed by atoms with Crippen LogP contribution in [0.15, 0.2) is 212 Å². The van der Waals surface area contributed by atoms with Crippen LogP contribution in [0.4, 0.5) is 17.1 Å². The molecule has 54 heavy (non-hydrogen) atoms. The summed E-state index contributed by atoms with van der Waals surface area (Å²) < 4.78 is 31.7. The fourth-order valence-corrected chi connectivity index (χ4v) is 21.6. The van der Waals surface area contributed by atoms with Gasteiger partial charge in [-0.2, -0.15) is 0 Å². The fraction of sp³-hybridized carbons (Fsp3) is 0. The molecule has 0 bridgehead atoms. The van der Waals surface area contributed by atoms with E-state index in [-0.39, 0.29) is 0 Å². The van der Waals surface area contributed by atoms with Crippen LogP contribution < -0.4 is 57.5 Å². The smallest absolute Gasteiger partial charge is 0.181 e. The van der Waals surface area contributed by atoms with Crippen molar-refractivity contribution in [2.24, 2.45) is 0 Å². The molecule has 0 spiro atoms. The van der Waals surface area contributed by atoms with Crippen molar-refractivity contribution in [3.05, 3.63) is 212 Å². The van der Waals surface area contributed by atoms with Crippen molar-refractivity contribution >= 4 is 92.0 Å². The lowest BCUT2D eigenvalue weighted by Gasteiger charge is -2.43. The Labute approximate surface area is 317 Å². The van der Waals surface area contributed by atoms with E-state index >= 15 is 9.13 Å². The molecule has 0 saturated carbocycles. The van der Waals surface area contributed by atoms with Gasteiger partial charge in [-0.05, 0) is 69.3 Å². The van der Waals surface area contributed by atoms with Gasteiger partial charge in [0.15, 0.2) is 22.4 Å². The summed E-state index contributed by atoms with van der Waals surface area (Å²) in [4.78, 5) is 2.20. The van der Waals surface area contributed by atoms with E-state index in [4.69, 9.17) is 0 Å². The Morgan fingerprint density at radius 3 is 1.17 bits per heavy atom. The first-order valence-corrected chi connectivity index (χ1v) is 23.7. The number of para-hydroxylation sites is 2. The van der Waals surface area contributed by atoms with E-state index in [2.05, 4.69) is 138 Å². The molecule has 8 aromatic carbocycles. The highest BCUT2D eigenvalue weighted by Crippen LogP contribution is 2.54. The van der Waals surface area contributed by atoms with E-state index in [0.717, 1.165) is 48.9 Å². The molecule has 0 N–H and O–H groups in total. The van der Waals surface area contributed by atoms with Gasteiger partial charge in [-0.3, -0.25) is 0 Å². The Bertz CT molecular complexity index is 2650. The summed E-state index contributed by atoms with van der Waals surface area (Å²) in [5.41, 5.74) is 2.69. The molecule has 0 aromatic heterocycles. The van der Waals surface area contributed by atoms with Crippen molar-refractivity contribution in [3.8, 4) is 0 Å². The van der Waals surface area contributed by atoms with E-state index in [9.17, 15) is 0 Å². The molecule has 0 aliphatic carbocycles. The molecule has 2 aliphatic rings. The number of nitrogens with zero attached hydrogens (tertiary/aromatic N) is 1. The largest absolute Gasteiger partial charge is 0.309 e. The monoisotopic (exact) mass is 747 g/mol. The first kappa shape index (κ1) is 32.9. The second-order valence-electron chi connectivity index (χ2n) is 13.9. The molecule has 258 valence electrons. The molecular formula is C48H35NO2P2Si. The van der Waals surface area contributed by atoms with Crippen LogP contribution in [0.3, 0.4) is 0 Å². The Hall–Kier alpha value is -5.76. The Kier molecular flexibility index (Phi) is 7.72. The molecule has 3 nitrogen and oxygen atoms in total. The summed E-state index contributed by atoms with van der Waals surface area (Å²) in [5.74, 6) is 0. The Morgan fingerprint density at radius 1 is 0.333 bits per heavy atom. The minimum absolute atomic E-state index is 0.795. The zero-order chi connectivity index (χ0) is 36.3. The summed E-state index contributed by atoms with van der Waals surface area (Å²) in [6.07, 6.45) is 0. The van der Waals surface area contributed by atoms with Crippen LogP contribution >= 0.6 is 14.3 Å². The number of rotatable bonds is 5. The second kappa shape index (κ2) is 12.7. The fourth-order valence-electron chi connectivity index (χ4n) is 8.95. The summed E-state index contributed by atoms with van der Waals surface area (Å²) >= 11 is 0. The van der Waals surface area contributed by atoms with E-state index in [1.165, 1.54) is 20.7 Å². The predicted molar refractivity (Wildman–Crippen MR) is 231 cm³/mol. The lowest BCUT2D eigenvalue weighted by atomic mass is 10.2.